The molecule has 2 rings (SSSR count). The summed E-state index contributed by atoms with van der Waals surface area (Å²) >= 11 is 0. The van der Waals surface area contributed by atoms with Gasteiger partial charge >= 0.3 is 0 Å². The maximum absolute atomic E-state index is 4.18. The minimum atomic E-state index is 0.646. The number of hydrogen-bond acceptors (Lipinski definition) is 4. The van der Waals surface area contributed by atoms with Gasteiger partial charge in [0.15, 0.2) is 5.82 Å². The van der Waals surface area contributed by atoms with Crippen LogP contribution in [-0.4, -0.2) is 28.7 Å². The molecule has 0 amide bonds. The molecule has 13 heavy (non-hydrogen) atoms. The minimum Gasteiger partial charge on any atom is -0.373 e. The van der Waals surface area contributed by atoms with Gasteiger partial charge in [-0.1, -0.05) is 0 Å². The number of aromatic amines is 1. The third-order valence-corrected chi connectivity index (χ3v) is 1.81. The fourth-order valence-electron chi connectivity index (χ4n) is 1.23. The van der Waals surface area contributed by atoms with E-state index in [-0.39, 0.29) is 0 Å². The molecule has 5 heteroatoms. The fourth-order valence-corrected chi connectivity index (χ4v) is 1.23. The molecule has 2 heterocycles. The van der Waals surface area contributed by atoms with Crippen LogP contribution in [0.5, 0.6) is 0 Å². The lowest BCUT2D eigenvalue weighted by Gasteiger charge is -1.92. The highest BCUT2D eigenvalue weighted by Gasteiger charge is 2.09. The molecule has 0 bridgehead atoms. The average molecular weight is 175 g/mol. The van der Waals surface area contributed by atoms with Gasteiger partial charge in [-0.15, -0.1) is 0 Å². The Morgan fingerprint density at radius 1 is 1.38 bits per heavy atom. The summed E-state index contributed by atoms with van der Waals surface area (Å²) < 4.78 is 0. The average Bonchev–Trinajstić information content (AvgIpc) is 2.56. The van der Waals surface area contributed by atoms with Crippen LogP contribution in [0.4, 0.5) is 11.6 Å². The van der Waals surface area contributed by atoms with E-state index in [9.17, 15) is 0 Å². The maximum atomic E-state index is 4.18. The van der Waals surface area contributed by atoms with Crippen molar-refractivity contribution in [3.05, 3.63) is 12.4 Å². The molecule has 0 spiro atoms. The molecule has 0 aliphatic rings. The van der Waals surface area contributed by atoms with Crippen molar-refractivity contribution in [1.82, 2.24) is 15.0 Å². The lowest BCUT2D eigenvalue weighted by atomic mass is 10.4. The lowest BCUT2D eigenvalue weighted by Crippen LogP contribution is -1.88. The second-order valence-corrected chi connectivity index (χ2v) is 2.51. The summed E-state index contributed by atoms with van der Waals surface area (Å²) in [5, 5.41) is 2.98. The van der Waals surface area contributed by atoms with E-state index in [1.54, 1.807) is 12.4 Å². The minimum absolute atomic E-state index is 0.646. The van der Waals surface area contributed by atoms with Crippen molar-refractivity contribution < 1.29 is 0 Å². The number of aromatic nitrogens is 3. The van der Waals surface area contributed by atoms with E-state index in [1.165, 1.54) is 0 Å². The molecule has 0 unspecified atom stereocenters. The highest BCUT2D eigenvalue weighted by atomic mass is 15.1. The van der Waals surface area contributed by atoms with Crippen LogP contribution in [-0.2, 0) is 0 Å². The van der Waals surface area contributed by atoms with Gasteiger partial charge in [0, 0.05) is 19.4 Å². The predicted molar refractivity (Wildman–Crippen MR) is 52.6 cm³/mol. The van der Waals surface area contributed by atoms with Crippen LogP contribution >= 0.6 is 0 Å². The first-order valence-electron chi connectivity index (χ1n) is 3.84. The van der Waals surface area contributed by atoms with E-state index in [4.69, 9.17) is 0 Å². The summed E-state index contributed by atoms with van der Waals surface area (Å²) in [5.74, 6) is 1.46. The molecule has 0 fully saturated rings. The topological polar surface area (TPSA) is 66.0 Å². The van der Waals surface area contributed by atoms with Crippen LogP contribution in [0.1, 0.15) is 0 Å². The molecule has 0 saturated carbocycles. The summed E-state index contributed by atoms with van der Waals surface area (Å²) in [6, 6.07) is 0. The summed E-state index contributed by atoms with van der Waals surface area (Å²) in [6.45, 7) is 3.45. The molecule has 2 aromatic rings. The molecule has 5 nitrogen and oxygen atoms in total. The zero-order chi connectivity index (χ0) is 9.26. The van der Waals surface area contributed by atoms with Crippen LogP contribution < -0.4 is 5.32 Å². The number of rotatable bonds is 2. The van der Waals surface area contributed by atoms with E-state index in [1.807, 2.05) is 7.05 Å². The smallest absolute Gasteiger partial charge is 0.159 e. The Balaban J connectivity index is 2.81. The number of anilines is 1. The highest BCUT2D eigenvalue weighted by molar-refractivity contribution is 5.94. The van der Waals surface area contributed by atoms with Gasteiger partial charge in [0.05, 0.1) is 0 Å². The molecule has 0 aromatic carbocycles. The number of nitrogens with one attached hydrogen (secondary N) is 2. The van der Waals surface area contributed by atoms with Crippen molar-refractivity contribution in [3.8, 4) is 0 Å². The zero-order valence-electron chi connectivity index (χ0n) is 7.20. The van der Waals surface area contributed by atoms with Gasteiger partial charge in [-0.3, -0.25) is 0 Å². The van der Waals surface area contributed by atoms with E-state index >= 15 is 0 Å². The van der Waals surface area contributed by atoms with E-state index in [0.717, 1.165) is 16.9 Å². The van der Waals surface area contributed by atoms with Gasteiger partial charge in [-0.05, 0) is 6.72 Å². The first kappa shape index (κ1) is 7.72. The standard InChI is InChI=1S/C8H9N5/c1-9-7-5-6(8(10-2)13-7)12-4-3-11-5/h3-4,10,13H,1H2,2H3. The molecule has 0 aliphatic heterocycles. The first-order chi connectivity index (χ1) is 6.36. The van der Waals surface area contributed by atoms with Crippen molar-refractivity contribution in [2.75, 3.05) is 12.4 Å². The Morgan fingerprint density at radius 3 is 2.69 bits per heavy atom. The van der Waals surface area contributed by atoms with E-state index in [0.29, 0.717) is 5.82 Å². The van der Waals surface area contributed by atoms with Crippen LogP contribution in [0.25, 0.3) is 11.0 Å². The van der Waals surface area contributed by atoms with Gasteiger partial charge in [-0.25, -0.2) is 15.0 Å². The lowest BCUT2D eigenvalue weighted by molar-refractivity contribution is 1.30. The third-order valence-electron chi connectivity index (χ3n) is 1.81. The SMILES string of the molecule is C=Nc1[nH]c(NC)c2nccnc12. The number of nitrogens with zero attached hydrogens (tertiary/aromatic N) is 3. The number of aliphatic imine (C=N–C) groups is 1. The second kappa shape index (κ2) is 2.85. The molecule has 0 saturated heterocycles. The van der Waals surface area contributed by atoms with Crippen LogP contribution in [0.3, 0.4) is 0 Å². The maximum Gasteiger partial charge on any atom is 0.159 e. The van der Waals surface area contributed by atoms with Gasteiger partial charge in [0.1, 0.15) is 16.9 Å². The summed E-state index contributed by atoms with van der Waals surface area (Å²) in [6.07, 6.45) is 3.27. The van der Waals surface area contributed by atoms with Crippen LogP contribution in [0, 0.1) is 0 Å². The molecular formula is C8H9N5. The molecule has 0 radical (unpaired) electrons. The predicted octanol–water partition coefficient (Wildman–Crippen LogP) is 1.33. The Kier molecular flexibility index (Phi) is 1.70. The van der Waals surface area contributed by atoms with Crippen molar-refractivity contribution in [2.24, 2.45) is 4.99 Å². The molecule has 0 aliphatic carbocycles. The number of H-pyrrole nitrogens is 1. The summed E-state index contributed by atoms with van der Waals surface area (Å²) in [7, 11) is 1.81. The summed E-state index contributed by atoms with van der Waals surface area (Å²) in [5.41, 5.74) is 1.52. The van der Waals surface area contributed by atoms with Crippen LogP contribution in [0.2, 0.25) is 0 Å². The quantitative estimate of drug-likeness (QED) is 0.677. The number of fused-ring (bicyclic) bond motifs is 1. The Morgan fingerprint density at radius 2 is 2.08 bits per heavy atom. The Bertz CT molecular complexity index is 445. The first-order valence-corrected chi connectivity index (χ1v) is 3.84. The van der Waals surface area contributed by atoms with Crippen LogP contribution in [0.15, 0.2) is 17.4 Å². The second-order valence-electron chi connectivity index (χ2n) is 2.51. The molecular weight excluding hydrogens is 166 g/mol. The Hall–Kier alpha value is -1.91. The zero-order valence-corrected chi connectivity index (χ0v) is 7.20. The third kappa shape index (κ3) is 1.05. The Labute approximate surface area is 74.9 Å². The van der Waals surface area contributed by atoms with E-state index < -0.39 is 0 Å². The summed E-state index contributed by atoms with van der Waals surface area (Å²) in [4.78, 5) is 15.2. The van der Waals surface area contributed by atoms with Gasteiger partial charge < -0.3 is 10.3 Å². The number of hydrogen-bond donors (Lipinski definition) is 2. The van der Waals surface area contributed by atoms with Crippen molar-refractivity contribution >= 4 is 29.4 Å². The van der Waals surface area contributed by atoms with Crippen molar-refractivity contribution in [1.29, 1.82) is 0 Å². The molecule has 66 valence electrons. The van der Waals surface area contributed by atoms with Gasteiger partial charge in [0.2, 0.25) is 0 Å². The highest BCUT2D eigenvalue weighted by Crippen LogP contribution is 2.27. The van der Waals surface area contributed by atoms with E-state index in [2.05, 4.69) is 32.0 Å². The molecule has 2 N–H and O–H groups in total. The van der Waals surface area contributed by atoms with Crippen molar-refractivity contribution in [3.63, 3.8) is 0 Å². The van der Waals surface area contributed by atoms with Gasteiger partial charge in [0.25, 0.3) is 0 Å². The normalized spacial score (nSPS) is 10.2. The fraction of sp³-hybridized carbons (Fsp3) is 0.125. The molecule has 2 aromatic heterocycles. The monoisotopic (exact) mass is 175 g/mol. The van der Waals surface area contributed by atoms with Gasteiger partial charge in [-0.2, -0.15) is 0 Å². The largest absolute Gasteiger partial charge is 0.373 e. The molecule has 0 atom stereocenters. The van der Waals surface area contributed by atoms with Crippen molar-refractivity contribution in [2.45, 2.75) is 0 Å².